The monoisotopic (exact) mass is 278 g/mol. The summed E-state index contributed by atoms with van der Waals surface area (Å²) in [4.78, 5) is 13.5. The summed E-state index contributed by atoms with van der Waals surface area (Å²) >= 11 is 0. The highest BCUT2D eigenvalue weighted by Gasteiger charge is 2.22. The fourth-order valence-corrected chi connectivity index (χ4v) is 1.74. The Labute approximate surface area is 117 Å². The summed E-state index contributed by atoms with van der Waals surface area (Å²) in [5.41, 5.74) is 5.85. The number of carbonyl (C=O) groups excluding carboxylic acids is 1. The van der Waals surface area contributed by atoms with E-state index in [-0.39, 0.29) is 24.4 Å². The van der Waals surface area contributed by atoms with Gasteiger partial charge in [-0.3, -0.25) is 4.79 Å². The maximum absolute atomic E-state index is 11.9. The van der Waals surface area contributed by atoms with E-state index in [9.17, 15) is 4.79 Å². The number of rotatable bonds is 8. The van der Waals surface area contributed by atoms with Crippen LogP contribution in [-0.4, -0.2) is 43.7 Å². The van der Waals surface area contributed by atoms with Gasteiger partial charge in [0.05, 0.1) is 12.6 Å². The minimum Gasteiger partial charge on any atom is -0.379 e. The van der Waals surface area contributed by atoms with E-state index in [1.54, 1.807) is 11.9 Å². The van der Waals surface area contributed by atoms with Gasteiger partial charge in [-0.1, -0.05) is 13.8 Å². The summed E-state index contributed by atoms with van der Waals surface area (Å²) in [6, 6.07) is -0.372. The van der Waals surface area contributed by atoms with E-state index in [0.717, 1.165) is 18.9 Å². The van der Waals surface area contributed by atoms with Gasteiger partial charge in [-0.15, -0.1) is 12.4 Å². The Kier molecular flexibility index (Phi) is 8.57. The number of halogens is 1. The first-order valence-corrected chi connectivity index (χ1v) is 6.59. The molecule has 1 saturated carbocycles. The van der Waals surface area contributed by atoms with Gasteiger partial charge in [-0.2, -0.15) is 0 Å². The number of nitrogens with two attached hydrogens (primary N) is 1. The Hall–Kier alpha value is -0.320. The van der Waals surface area contributed by atoms with Gasteiger partial charge in [-0.25, -0.2) is 0 Å². The molecule has 0 saturated heterocycles. The molecule has 0 unspecified atom stereocenters. The molecule has 0 aromatic carbocycles. The summed E-state index contributed by atoms with van der Waals surface area (Å²) in [5.74, 6) is 1.25. The molecule has 0 aliphatic heterocycles. The molecule has 4 nitrogen and oxygen atoms in total. The first-order chi connectivity index (χ1) is 8.00. The highest BCUT2D eigenvalue weighted by atomic mass is 35.5. The Morgan fingerprint density at radius 2 is 2.06 bits per heavy atom. The van der Waals surface area contributed by atoms with Crippen molar-refractivity contribution < 1.29 is 9.53 Å². The second kappa shape index (κ2) is 8.73. The van der Waals surface area contributed by atoms with Crippen molar-refractivity contribution in [2.75, 3.05) is 26.8 Å². The third kappa shape index (κ3) is 7.19. The van der Waals surface area contributed by atoms with Crippen molar-refractivity contribution in [1.29, 1.82) is 0 Å². The molecule has 0 bridgehead atoms. The fraction of sp³-hybridized carbons (Fsp3) is 0.923. The quantitative estimate of drug-likeness (QED) is 0.687. The molecule has 1 atom stereocenters. The largest absolute Gasteiger partial charge is 0.379 e. The molecule has 0 heterocycles. The molecule has 1 aliphatic rings. The van der Waals surface area contributed by atoms with Gasteiger partial charge < -0.3 is 15.4 Å². The zero-order valence-electron chi connectivity index (χ0n) is 11.7. The second-order valence-electron chi connectivity index (χ2n) is 5.51. The third-order valence-electron chi connectivity index (χ3n) is 3.04. The Balaban J connectivity index is 0.00000289. The van der Waals surface area contributed by atoms with Crippen molar-refractivity contribution >= 4 is 18.3 Å². The normalized spacial score (nSPS) is 16.3. The molecule has 0 spiro atoms. The van der Waals surface area contributed by atoms with E-state index < -0.39 is 0 Å². The van der Waals surface area contributed by atoms with Crippen LogP contribution in [0.2, 0.25) is 0 Å². The van der Waals surface area contributed by atoms with Crippen LogP contribution >= 0.6 is 12.4 Å². The third-order valence-corrected chi connectivity index (χ3v) is 3.04. The zero-order chi connectivity index (χ0) is 12.8. The lowest BCUT2D eigenvalue weighted by atomic mass is 10.0. The van der Waals surface area contributed by atoms with Crippen molar-refractivity contribution in [2.45, 2.75) is 39.2 Å². The fourth-order valence-electron chi connectivity index (χ4n) is 1.74. The lowest BCUT2D eigenvalue weighted by Gasteiger charge is -2.22. The predicted molar refractivity (Wildman–Crippen MR) is 75.9 cm³/mol. The van der Waals surface area contributed by atoms with Crippen molar-refractivity contribution in [3.05, 3.63) is 0 Å². The average Bonchev–Trinajstić information content (AvgIpc) is 3.05. The summed E-state index contributed by atoms with van der Waals surface area (Å²) in [6.07, 6.45) is 3.34. The van der Waals surface area contributed by atoms with Crippen molar-refractivity contribution in [2.24, 2.45) is 17.6 Å². The topological polar surface area (TPSA) is 55.6 Å². The van der Waals surface area contributed by atoms with E-state index in [4.69, 9.17) is 10.5 Å². The van der Waals surface area contributed by atoms with Crippen LogP contribution in [-0.2, 0) is 9.53 Å². The molecule has 1 rings (SSSR count). The molecule has 1 fully saturated rings. The Morgan fingerprint density at radius 1 is 1.44 bits per heavy atom. The minimum absolute atomic E-state index is 0. The minimum atomic E-state index is -0.372. The molecular weight excluding hydrogens is 252 g/mol. The summed E-state index contributed by atoms with van der Waals surface area (Å²) in [6.45, 7) is 6.25. The number of amides is 1. The molecule has 5 heteroatoms. The number of likely N-dealkylation sites (N-methyl/N-ethyl adjacent to an activating group) is 1. The van der Waals surface area contributed by atoms with E-state index in [0.29, 0.717) is 19.1 Å². The van der Waals surface area contributed by atoms with Crippen LogP contribution in [0.5, 0.6) is 0 Å². The summed E-state index contributed by atoms with van der Waals surface area (Å²) < 4.78 is 5.50. The Bertz CT molecular complexity index is 245. The standard InChI is InChI=1S/C13H26N2O2.ClH/c1-10(2)8-12(14)13(16)15(3)6-7-17-9-11-4-5-11;/h10-12H,4-9,14H2,1-3H3;1H/t12-;/m0./s1. The van der Waals surface area contributed by atoms with Gasteiger partial charge in [0.25, 0.3) is 0 Å². The van der Waals surface area contributed by atoms with E-state index >= 15 is 0 Å². The van der Waals surface area contributed by atoms with Crippen LogP contribution in [0.4, 0.5) is 0 Å². The smallest absolute Gasteiger partial charge is 0.239 e. The summed E-state index contributed by atoms with van der Waals surface area (Å²) in [5, 5.41) is 0. The first kappa shape index (κ1) is 17.7. The molecule has 0 aromatic heterocycles. The SMILES string of the molecule is CC(C)C[C@H](N)C(=O)N(C)CCOCC1CC1.Cl. The second-order valence-corrected chi connectivity index (χ2v) is 5.51. The lowest BCUT2D eigenvalue weighted by Crippen LogP contribution is -2.43. The van der Waals surface area contributed by atoms with Gasteiger partial charge in [0, 0.05) is 20.2 Å². The molecule has 1 amide bonds. The molecule has 0 aromatic rings. The maximum atomic E-state index is 11.9. The number of carbonyl (C=O) groups is 1. The van der Waals surface area contributed by atoms with E-state index in [2.05, 4.69) is 13.8 Å². The van der Waals surface area contributed by atoms with Gasteiger partial charge in [-0.05, 0) is 31.1 Å². The van der Waals surface area contributed by atoms with Gasteiger partial charge >= 0.3 is 0 Å². The van der Waals surface area contributed by atoms with Crippen molar-refractivity contribution in [3.63, 3.8) is 0 Å². The van der Waals surface area contributed by atoms with E-state index in [1.165, 1.54) is 12.8 Å². The van der Waals surface area contributed by atoms with Gasteiger partial charge in [0.2, 0.25) is 5.91 Å². The van der Waals surface area contributed by atoms with Crippen LogP contribution in [0.15, 0.2) is 0 Å². The van der Waals surface area contributed by atoms with Crippen molar-refractivity contribution in [3.8, 4) is 0 Å². The summed E-state index contributed by atoms with van der Waals surface area (Å²) in [7, 11) is 1.79. The van der Waals surface area contributed by atoms with Crippen LogP contribution in [0.1, 0.15) is 33.1 Å². The maximum Gasteiger partial charge on any atom is 0.239 e. The number of hydrogen-bond acceptors (Lipinski definition) is 3. The van der Waals surface area contributed by atoms with Crippen LogP contribution in [0.25, 0.3) is 0 Å². The molecule has 1 aliphatic carbocycles. The molecule has 2 N–H and O–H groups in total. The van der Waals surface area contributed by atoms with Gasteiger partial charge in [0.15, 0.2) is 0 Å². The van der Waals surface area contributed by atoms with Gasteiger partial charge in [0.1, 0.15) is 0 Å². The predicted octanol–water partition coefficient (Wildman–Crippen LogP) is 1.67. The first-order valence-electron chi connectivity index (χ1n) is 6.59. The molecule has 18 heavy (non-hydrogen) atoms. The van der Waals surface area contributed by atoms with Crippen LogP contribution in [0.3, 0.4) is 0 Å². The Morgan fingerprint density at radius 3 is 2.56 bits per heavy atom. The number of hydrogen-bond donors (Lipinski definition) is 1. The van der Waals surface area contributed by atoms with E-state index in [1.807, 2.05) is 0 Å². The zero-order valence-corrected chi connectivity index (χ0v) is 12.5. The average molecular weight is 279 g/mol. The lowest BCUT2D eigenvalue weighted by molar-refractivity contribution is -0.132. The highest BCUT2D eigenvalue weighted by Crippen LogP contribution is 2.28. The molecule has 0 radical (unpaired) electrons. The van der Waals surface area contributed by atoms with Crippen LogP contribution in [0, 0.1) is 11.8 Å². The highest BCUT2D eigenvalue weighted by molar-refractivity contribution is 5.85. The van der Waals surface area contributed by atoms with Crippen molar-refractivity contribution in [1.82, 2.24) is 4.90 Å². The number of nitrogens with zero attached hydrogens (tertiary/aromatic N) is 1. The van der Waals surface area contributed by atoms with Crippen LogP contribution < -0.4 is 5.73 Å². The number of ether oxygens (including phenoxy) is 1. The molecular formula is C13H27ClN2O2. The molecule has 108 valence electrons.